The van der Waals surface area contributed by atoms with Gasteiger partial charge in [0.05, 0.1) is 6.10 Å². The molecule has 0 N–H and O–H groups in total. The van der Waals surface area contributed by atoms with Crippen molar-refractivity contribution in [3.05, 3.63) is 23.4 Å². The van der Waals surface area contributed by atoms with Crippen LogP contribution in [0.3, 0.4) is 0 Å². The van der Waals surface area contributed by atoms with E-state index in [1.54, 1.807) is 6.92 Å². The number of fused-ring (bicyclic) bond motifs is 1. The van der Waals surface area contributed by atoms with Crippen LogP contribution in [0.5, 0.6) is 0 Å². The molecular formula is C17H25FO5. The minimum atomic E-state index is -0.688. The highest BCUT2D eigenvalue weighted by atomic mass is 19.1. The Morgan fingerprint density at radius 1 is 1.30 bits per heavy atom. The molecule has 1 aromatic rings. The van der Waals surface area contributed by atoms with E-state index in [-0.39, 0.29) is 24.9 Å². The lowest BCUT2D eigenvalue weighted by atomic mass is 10.0. The van der Waals surface area contributed by atoms with E-state index < -0.39 is 18.1 Å². The topological polar surface area (TPSA) is 50.1 Å². The molecule has 2 aliphatic heterocycles. The van der Waals surface area contributed by atoms with Gasteiger partial charge in [-0.2, -0.15) is 4.39 Å². The molecule has 3 heterocycles. The molecule has 0 radical (unpaired) electrons. The average molecular weight is 328 g/mol. The molecule has 0 aromatic carbocycles. The Morgan fingerprint density at radius 3 is 2.65 bits per heavy atom. The van der Waals surface area contributed by atoms with Gasteiger partial charge in [0.25, 0.3) is 6.01 Å². The fourth-order valence-electron chi connectivity index (χ4n) is 3.20. The first-order chi connectivity index (χ1) is 10.7. The van der Waals surface area contributed by atoms with E-state index in [1.807, 2.05) is 13.8 Å². The fourth-order valence-corrected chi connectivity index (χ4v) is 3.20. The van der Waals surface area contributed by atoms with Crippen molar-refractivity contribution < 1.29 is 27.8 Å². The third-order valence-corrected chi connectivity index (χ3v) is 4.19. The molecule has 2 saturated heterocycles. The van der Waals surface area contributed by atoms with E-state index in [9.17, 15) is 4.39 Å². The summed E-state index contributed by atoms with van der Waals surface area (Å²) < 4.78 is 41.9. The number of halogens is 1. The smallest absolute Gasteiger partial charge is 0.278 e. The van der Waals surface area contributed by atoms with Crippen LogP contribution < -0.4 is 0 Å². The van der Waals surface area contributed by atoms with Crippen LogP contribution in [-0.4, -0.2) is 30.4 Å². The SMILES string of the molecule is Cc1cc(F)oc1CO[C@@H]1[C@H]2OC(C)(C)O[C@H]2O[C@@H]1CC(C)C. The number of rotatable bonds is 5. The summed E-state index contributed by atoms with van der Waals surface area (Å²) in [5.74, 6) is 0.264. The van der Waals surface area contributed by atoms with Gasteiger partial charge in [-0.15, -0.1) is 0 Å². The molecule has 3 rings (SSSR count). The van der Waals surface area contributed by atoms with E-state index in [1.165, 1.54) is 6.07 Å². The molecule has 2 aliphatic rings. The Bertz CT molecular complexity index is 553. The summed E-state index contributed by atoms with van der Waals surface area (Å²) in [6.45, 7) is 9.96. The van der Waals surface area contributed by atoms with Gasteiger partial charge in [0, 0.05) is 6.07 Å². The summed E-state index contributed by atoms with van der Waals surface area (Å²) in [5.41, 5.74) is 0.738. The Hall–Kier alpha value is -0.950. The first kappa shape index (κ1) is 16.9. The predicted octanol–water partition coefficient (Wildman–Crippen LogP) is 3.53. The second kappa shape index (κ2) is 6.16. The van der Waals surface area contributed by atoms with Gasteiger partial charge < -0.3 is 23.4 Å². The lowest BCUT2D eigenvalue weighted by Gasteiger charge is -2.26. The van der Waals surface area contributed by atoms with Crippen molar-refractivity contribution >= 4 is 0 Å². The summed E-state index contributed by atoms with van der Waals surface area (Å²) in [6, 6.07) is 0.762. The summed E-state index contributed by atoms with van der Waals surface area (Å²) in [7, 11) is 0. The standard InChI is InChI=1S/C17H25FO5/c1-9(2)6-11-14(15-16(21-11)23-17(4,5)22-15)19-8-12-10(3)7-13(18)20-12/h7,9,11,14-16H,6,8H2,1-5H3/t11-,14+,15-,16-/m1/s1. The number of furan rings is 1. The largest absolute Gasteiger partial charge is 0.433 e. The van der Waals surface area contributed by atoms with E-state index >= 15 is 0 Å². The third-order valence-electron chi connectivity index (χ3n) is 4.19. The third kappa shape index (κ3) is 3.60. The van der Waals surface area contributed by atoms with Crippen LogP contribution in [0.2, 0.25) is 0 Å². The maximum Gasteiger partial charge on any atom is 0.278 e. The summed E-state index contributed by atoms with van der Waals surface area (Å²) >= 11 is 0. The van der Waals surface area contributed by atoms with Crippen LogP contribution in [-0.2, 0) is 25.6 Å². The molecular weight excluding hydrogens is 303 g/mol. The van der Waals surface area contributed by atoms with Gasteiger partial charge >= 0.3 is 0 Å². The van der Waals surface area contributed by atoms with Crippen LogP contribution in [0.25, 0.3) is 0 Å². The molecule has 0 saturated carbocycles. The number of ether oxygens (including phenoxy) is 4. The maximum atomic E-state index is 13.2. The minimum Gasteiger partial charge on any atom is -0.433 e. The van der Waals surface area contributed by atoms with Crippen LogP contribution >= 0.6 is 0 Å². The molecule has 0 amide bonds. The highest BCUT2D eigenvalue weighted by molar-refractivity contribution is 5.14. The van der Waals surface area contributed by atoms with Gasteiger partial charge in [-0.3, -0.25) is 0 Å². The Balaban J connectivity index is 1.71. The molecule has 23 heavy (non-hydrogen) atoms. The zero-order valence-electron chi connectivity index (χ0n) is 14.3. The van der Waals surface area contributed by atoms with Gasteiger partial charge in [0.15, 0.2) is 12.1 Å². The molecule has 2 fully saturated rings. The van der Waals surface area contributed by atoms with Crippen molar-refractivity contribution in [2.45, 2.75) is 78.0 Å². The zero-order chi connectivity index (χ0) is 16.8. The van der Waals surface area contributed by atoms with Crippen LogP contribution in [0.4, 0.5) is 4.39 Å². The molecule has 4 atom stereocenters. The van der Waals surface area contributed by atoms with Crippen molar-refractivity contribution in [1.82, 2.24) is 0 Å². The molecule has 0 aliphatic carbocycles. The van der Waals surface area contributed by atoms with Crippen molar-refractivity contribution in [1.29, 1.82) is 0 Å². The number of hydrogen-bond acceptors (Lipinski definition) is 5. The maximum absolute atomic E-state index is 13.2. The monoisotopic (exact) mass is 328 g/mol. The van der Waals surface area contributed by atoms with E-state index in [0.717, 1.165) is 12.0 Å². The van der Waals surface area contributed by atoms with Gasteiger partial charge in [0.1, 0.15) is 24.6 Å². The Morgan fingerprint density at radius 2 is 2.04 bits per heavy atom. The Kier molecular flexibility index (Phi) is 4.53. The van der Waals surface area contributed by atoms with Crippen molar-refractivity contribution in [2.75, 3.05) is 0 Å². The quantitative estimate of drug-likeness (QED) is 0.827. The van der Waals surface area contributed by atoms with Gasteiger partial charge in [0.2, 0.25) is 0 Å². The van der Waals surface area contributed by atoms with Gasteiger partial charge in [-0.05, 0) is 38.7 Å². The van der Waals surface area contributed by atoms with Gasteiger partial charge in [-0.25, -0.2) is 0 Å². The normalized spacial score (nSPS) is 32.7. The van der Waals surface area contributed by atoms with Crippen molar-refractivity contribution in [3.63, 3.8) is 0 Å². The zero-order valence-corrected chi connectivity index (χ0v) is 14.3. The molecule has 0 unspecified atom stereocenters. The van der Waals surface area contributed by atoms with Crippen LogP contribution in [0.15, 0.2) is 10.5 Å². The first-order valence-corrected chi connectivity index (χ1v) is 8.12. The summed E-state index contributed by atoms with van der Waals surface area (Å²) in [5, 5.41) is 0. The molecule has 130 valence electrons. The van der Waals surface area contributed by atoms with Crippen molar-refractivity contribution in [2.24, 2.45) is 5.92 Å². The highest BCUT2D eigenvalue weighted by Gasteiger charge is 2.55. The molecule has 6 heteroatoms. The van der Waals surface area contributed by atoms with Crippen LogP contribution in [0.1, 0.15) is 45.4 Å². The summed E-state index contributed by atoms with van der Waals surface area (Å²) in [6.07, 6.45) is -0.240. The lowest BCUT2D eigenvalue weighted by Crippen LogP contribution is -2.37. The molecule has 0 bridgehead atoms. The highest BCUT2D eigenvalue weighted by Crippen LogP contribution is 2.40. The first-order valence-electron chi connectivity index (χ1n) is 8.12. The van der Waals surface area contributed by atoms with Gasteiger partial charge in [-0.1, -0.05) is 13.8 Å². The summed E-state index contributed by atoms with van der Waals surface area (Å²) in [4.78, 5) is 0. The Labute approximate surface area is 136 Å². The van der Waals surface area contributed by atoms with Crippen molar-refractivity contribution in [3.8, 4) is 0 Å². The lowest BCUT2D eigenvalue weighted by molar-refractivity contribution is -0.220. The predicted molar refractivity (Wildman–Crippen MR) is 80.1 cm³/mol. The molecule has 5 nitrogen and oxygen atoms in total. The molecule has 0 spiro atoms. The van der Waals surface area contributed by atoms with Crippen LogP contribution in [0, 0.1) is 18.9 Å². The second-order valence-electron chi connectivity index (χ2n) is 7.20. The van der Waals surface area contributed by atoms with E-state index in [2.05, 4.69) is 13.8 Å². The molecule has 1 aromatic heterocycles. The van der Waals surface area contributed by atoms with E-state index in [0.29, 0.717) is 11.7 Å². The fraction of sp³-hybridized carbons (Fsp3) is 0.765. The number of hydrogen-bond donors (Lipinski definition) is 0. The van der Waals surface area contributed by atoms with E-state index in [4.69, 9.17) is 23.4 Å². The average Bonchev–Trinajstić information content (AvgIpc) is 2.97. The number of aryl methyl sites for hydroxylation is 1. The second-order valence-corrected chi connectivity index (χ2v) is 7.20. The minimum absolute atomic E-state index is 0.110.